The molecule has 98 valence electrons. The molecule has 0 radical (unpaired) electrons. The highest BCUT2D eigenvalue weighted by atomic mass is 16.3. The molecule has 0 aliphatic carbocycles. The number of nitrogens with two attached hydrogens (primary N) is 1. The summed E-state index contributed by atoms with van der Waals surface area (Å²) in [7, 11) is 0. The number of aliphatic hydroxyl groups is 1. The Morgan fingerprint density at radius 2 is 2.22 bits per heavy atom. The summed E-state index contributed by atoms with van der Waals surface area (Å²) in [4.78, 5) is 10.2. The number of aromatic nitrogens is 2. The van der Waals surface area contributed by atoms with E-state index < -0.39 is 0 Å². The molecule has 2 rings (SSSR count). The van der Waals surface area contributed by atoms with E-state index in [1.54, 1.807) is 6.20 Å². The van der Waals surface area contributed by atoms with Crippen molar-refractivity contribution in [2.75, 3.05) is 18.0 Å². The van der Waals surface area contributed by atoms with Crippen molar-refractivity contribution in [1.82, 2.24) is 9.97 Å². The van der Waals surface area contributed by atoms with Crippen molar-refractivity contribution in [3.8, 4) is 0 Å². The molecule has 2 heterocycles. The maximum Gasteiger partial charge on any atom is 0.142 e. The Balaban J connectivity index is 2.12. The number of amidine groups is 1. The first-order chi connectivity index (χ1) is 8.59. The SMILES string of the molecule is CC(O)C1CCN(c2ncncc2C(=N)N)CC1. The quantitative estimate of drug-likeness (QED) is 0.530. The number of aliphatic hydroxyl groups excluding tert-OH is 1. The van der Waals surface area contributed by atoms with Gasteiger partial charge >= 0.3 is 0 Å². The lowest BCUT2D eigenvalue weighted by atomic mass is 9.92. The molecule has 1 unspecified atom stereocenters. The molecule has 1 aliphatic rings. The van der Waals surface area contributed by atoms with Gasteiger partial charge in [-0.05, 0) is 25.7 Å². The molecular formula is C12H19N5O. The summed E-state index contributed by atoms with van der Waals surface area (Å²) in [5.74, 6) is 1.06. The van der Waals surface area contributed by atoms with Gasteiger partial charge in [-0.2, -0.15) is 0 Å². The molecule has 1 aliphatic heterocycles. The molecule has 0 spiro atoms. The molecule has 6 nitrogen and oxygen atoms in total. The Hall–Kier alpha value is -1.69. The van der Waals surface area contributed by atoms with Crippen LogP contribution in [-0.2, 0) is 0 Å². The van der Waals surface area contributed by atoms with E-state index in [0.29, 0.717) is 11.5 Å². The molecule has 1 fully saturated rings. The summed E-state index contributed by atoms with van der Waals surface area (Å²) in [6.45, 7) is 3.49. The largest absolute Gasteiger partial charge is 0.393 e. The van der Waals surface area contributed by atoms with Gasteiger partial charge < -0.3 is 15.7 Å². The number of rotatable bonds is 3. The molecule has 0 bridgehead atoms. The van der Waals surface area contributed by atoms with Crippen molar-refractivity contribution in [1.29, 1.82) is 5.41 Å². The van der Waals surface area contributed by atoms with Crippen molar-refractivity contribution < 1.29 is 5.11 Å². The molecule has 4 N–H and O–H groups in total. The van der Waals surface area contributed by atoms with E-state index in [0.717, 1.165) is 31.7 Å². The van der Waals surface area contributed by atoms with Crippen LogP contribution in [0.4, 0.5) is 5.82 Å². The van der Waals surface area contributed by atoms with E-state index in [2.05, 4.69) is 14.9 Å². The van der Waals surface area contributed by atoms with Crippen LogP contribution in [0.5, 0.6) is 0 Å². The van der Waals surface area contributed by atoms with E-state index in [1.807, 2.05) is 6.92 Å². The minimum atomic E-state index is -0.259. The molecule has 18 heavy (non-hydrogen) atoms. The standard InChI is InChI=1S/C12H19N5O/c1-8(18)9-2-4-17(5-3-9)12-10(11(13)14)6-15-7-16-12/h6-9,18H,2-5H2,1H3,(H3,13,14). The van der Waals surface area contributed by atoms with Crippen LogP contribution in [0, 0.1) is 11.3 Å². The van der Waals surface area contributed by atoms with E-state index >= 15 is 0 Å². The Kier molecular flexibility index (Phi) is 3.76. The summed E-state index contributed by atoms with van der Waals surface area (Å²) in [5, 5.41) is 17.1. The topological polar surface area (TPSA) is 99.1 Å². The molecule has 1 atom stereocenters. The first-order valence-corrected chi connectivity index (χ1v) is 6.17. The maximum absolute atomic E-state index is 9.58. The van der Waals surface area contributed by atoms with E-state index in [4.69, 9.17) is 11.1 Å². The minimum Gasteiger partial charge on any atom is -0.393 e. The van der Waals surface area contributed by atoms with Gasteiger partial charge in [0.1, 0.15) is 18.0 Å². The van der Waals surface area contributed by atoms with Crippen molar-refractivity contribution in [3.63, 3.8) is 0 Å². The number of nitrogens with one attached hydrogen (secondary N) is 1. The highest BCUT2D eigenvalue weighted by Gasteiger charge is 2.25. The molecule has 6 heteroatoms. The normalized spacial score (nSPS) is 18.7. The first-order valence-electron chi connectivity index (χ1n) is 6.17. The lowest BCUT2D eigenvalue weighted by Gasteiger charge is -2.34. The molecule has 1 aromatic heterocycles. The van der Waals surface area contributed by atoms with Gasteiger partial charge in [-0.3, -0.25) is 5.41 Å². The van der Waals surface area contributed by atoms with E-state index in [-0.39, 0.29) is 11.9 Å². The predicted octanol–water partition coefficient (Wildman–Crippen LogP) is 0.358. The smallest absolute Gasteiger partial charge is 0.142 e. The highest BCUT2D eigenvalue weighted by Crippen LogP contribution is 2.25. The Bertz CT molecular complexity index is 426. The second kappa shape index (κ2) is 5.30. The number of piperidine rings is 1. The Morgan fingerprint density at radius 3 is 2.78 bits per heavy atom. The highest BCUT2D eigenvalue weighted by molar-refractivity contribution is 5.99. The van der Waals surface area contributed by atoms with Crippen LogP contribution in [0.25, 0.3) is 0 Å². The summed E-state index contributed by atoms with van der Waals surface area (Å²) < 4.78 is 0. The summed E-state index contributed by atoms with van der Waals surface area (Å²) in [6.07, 6.45) is 4.65. The lowest BCUT2D eigenvalue weighted by molar-refractivity contribution is 0.110. The number of nitrogens with zero attached hydrogens (tertiary/aromatic N) is 3. The number of hydrogen-bond donors (Lipinski definition) is 3. The van der Waals surface area contributed by atoms with Gasteiger partial charge in [-0.25, -0.2) is 9.97 Å². The summed E-state index contributed by atoms with van der Waals surface area (Å²) in [6, 6.07) is 0. The van der Waals surface area contributed by atoms with E-state index in [9.17, 15) is 5.11 Å². The van der Waals surface area contributed by atoms with Gasteiger partial charge in [0.05, 0.1) is 11.7 Å². The zero-order valence-electron chi connectivity index (χ0n) is 10.5. The first kappa shape index (κ1) is 12.8. The van der Waals surface area contributed by atoms with Gasteiger partial charge in [0, 0.05) is 19.3 Å². The van der Waals surface area contributed by atoms with Crippen molar-refractivity contribution in [2.45, 2.75) is 25.9 Å². The van der Waals surface area contributed by atoms with Crippen LogP contribution >= 0.6 is 0 Å². The van der Waals surface area contributed by atoms with Crippen LogP contribution in [0.2, 0.25) is 0 Å². The zero-order chi connectivity index (χ0) is 13.1. The number of nitrogen functional groups attached to an aromatic ring is 1. The molecule has 0 amide bonds. The third-order valence-electron chi connectivity index (χ3n) is 3.50. The maximum atomic E-state index is 9.58. The van der Waals surface area contributed by atoms with Crippen molar-refractivity contribution in [2.24, 2.45) is 11.7 Å². The fourth-order valence-electron chi connectivity index (χ4n) is 2.36. The van der Waals surface area contributed by atoms with Gasteiger partial charge in [0.2, 0.25) is 0 Å². The summed E-state index contributed by atoms with van der Waals surface area (Å²) in [5.41, 5.74) is 6.11. The van der Waals surface area contributed by atoms with Gasteiger partial charge in [-0.1, -0.05) is 0 Å². The third kappa shape index (κ3) is 2.59. The fourth-order valence-corrected chi connectivity index (χ4v) is 2.36. The molecule has 0 saturated carbocycles. The molecular weight excluding hydrogens is 230 g/mol. The Morgan fingerprint density at radius 1 is 1.56 bits per heavy atom. The Labute approximate surface area is 106 Å². The van der Waals surface area contributed by atoms with Gasteiger partial charge in [0.25, 0.3) is 0 Å². The van der Waals surface area contributed by atoms with Gasteiger partial charge in [0.15, 0.2) is 0 Å². The number of hydrogen-bond acceptors (Lipinski definition) is 5. The minimum absolute atomic E-state index is 0.0109. The summed E-state index contributed by atoms with van der Waals surface area (Å²) >= 11 is 0. The molecule has 1 saturated heterocycles. The molecule has 0 aromatic carbocycles. The second-order valence-electron chi connectivity index (χ2n) is 4.74. The van der Waals surface area contributed by atoms with Crippen LogP contribution in [0.15, 0.2) is 12.5 Å². The fraction of sp³-hybridized carbons (Fsp3) is 0.583. The van der Waals surface area contributed by atoms with Crippen LogP contribution < -0.4 is 10.6 Å². The second-order valence-corrected chi connectivity index (χ2v) is 4.74. The van der Waals surface area contributed by atoms with Crippen molar-refractivity contribution >= 4 is 11.7 Å². The number of anilines is 1. The van der Waals surface area contributed by atoms with Crippen LogP contribution in [0.3, 0.4) is 0 Å². The average molecular weight is 249 g/mol. The van der Waals surface area contributed by atoms with Gasteiger partial charge in [-0.15, -0.1) is 0 Å². The van der Waals surface area contributed by atoms with Crippen LogP contribution in [0.1, 0.15) is 25.3 Å². The average Bonchev–Trinajstić information content (AvgIpc) is 2.39. The van der Waals surface area contributed by atoms with E-state index in [1.165, 1.54) is 6.33 Å². The zero-order valence-corrected chi connectivity index (χ0v) is 10.5. The lowest BCUT2D eigenvalue weighted by Crippen LogP contribution is -2.38. The van der Waals surface area contributed by atoms with Crippen molar-refractivity contribution in [3.05, 3.63) is 18.1 Å². The predicted molar refractivity (Wildman–Crippen MR) is 69.7 cm³/mol. The molecule has 1 aromatic rings. The third-order valence-corrected chi connectivity index (χ3v) is 3.50. The monoisotopic (exact) mass is 249 g/mol. The van der Waals surface area contributed by atoms with Crippen LogP contribution in [-0.4, -0.2) is 40.1 Å².